The third kappa shape index (κ3) is 14.5. The van der Waals surface area contributed by atoms with Crippen molar-refractivity contribution < 1.29 is 8.42 Å². The molecule has 2 nitrogen and oxygen atoms in total. The Morgan fingerprint density at radius 1 is 0.733 bits per heavy atom. The Labute approximate surface area is 103 Å². The van der Waals surface area contributed by atoms with E-state index in [9.17, 15) is 8.42 Å². The Morgan fingerprint density at radius 3 is 1.53 bits per heavy atom. The Kier molecular flexibility index (Phi) is 10.1. The third-order valence-corrected chi connectivity index (χ3v) is 3.78. The highest BCUT2D eigenvalue weighted by Crippen LogP contribution is 2.10. The molecule has 0 saturated carbocycles. The maximum atomic E-state index is 10.6. The van der Waals surface area contributed by atoms with Crippen LogP contribution >= 0.6 is 22.3 Å². The summed E-state index contributed by atoms with van der Waals surface area (Å²) >= 11 is 5.56. The average Bonchev–Trinajstić information content (AvgIpc) is 2.14. The van der Waals surface area contributed by atoms with Gasteiger partial charge in [-0.05, 0) is 12.8 Å². The molecule has 0 aliphatic heterocycles. The van der Waals surface area contributed by atoms with Crippen molar-refractivity contribution in [3.05, 3.63) is 0 Å². The van der Waals surface area contributed by atoms with Gasteiger partial charge in [0.25, 0.3) is 0 Å². The van der Waals surface area contributed by atoms with Crippen LogP contribution in [-0.4, -0.2) is 20.1 Å². The molecule has 0 spiro atoms. The molecule has 0 fully saturated rings. The molecule has 15 heavy (non-hydrogen) atoms. The average molecular weight is 275 g/mol. The lowest BCUT2D eigenvalue weighted by Gasteiger charge is -2.00. The smallest absolute Gasteiger partial charge is 0.212 e. The molecular formula is C10H20Cl2O2S. The number of alkyl halides is 1. The van der Waals surface area contributed by atoms with E-state index in [4.69, 9.17) is 22.3 Å². The van der Waals surface area contributed by atoms with E-state index < -0.39 is 9.05 Å². The zero-order chi connectivity index (χ0) is 11.6. The lowest BCUT2D eigenvalue weighted by Crippen LogP contribution is -1.96. The highest BCUT2D eigenvalue weighted by molar-refractivity contribution is 8.13. The van der Waals surface area contributed by atoms with Crippen LogP contribution in [0.3, 0.4) is 0 Å². The fourth-order valence-electron chi connectivity index (χ4n) is 1.43. The van der Waals surface area contributed by atoms with Gasteiger partial charge in [0, 0.05) is 16.6 Å². The molecule has 5 heteroatoms. The van der Waals surface area contributed by atoms with Crippen molar-refractivity contribution in [3.63, 3.8) is 0 Å². The molecule has 0 aromatic heterocycles. The summed E-state index contributed by atoms with van der Waals surface area (Å²) < 4.78 is 21.2. The van der Waals surface area contributed by atoms with Crippen LogP contribution in [0.2, 0.25) is 0 Å². The molecule has 0 aromatic carbocycles. The molecule has 0 aliphatic carbocycles. The molecule has 0 rings (SSSR count). The second kappa shape index (κ2) is 9.73. The lowest BCUT2D eigenvalue weighted by atomic mass is 10.1. The van der Waals surface area contributed by atoms with Gasteiger partial charge in [-0.2, -0.15) is 0 Å². The first-order chi connectivity index (χ1) is 7.06. The normalized spacial score (nSPS) is 11.9. The Morgan fingerprint density at radius 2 is 1.13 bits per heavy atom. The summed E-state index contributed by atoms with van der Waals surface area (Å²) in [5, 5.41) is 0. The molecule has 0 aromatic rings. The van der Waals surface area contributed by atoms with E-state index in [1.54, 1.807) is 0 Å². The van der Waals surface area contributed by atoms with Gasteiger partial charge in [-0.25, -0.2) is 8.42 Å². The topological polar surface area (TPSA) is 34.1 Å². The first kappa shape index (κ1) is 15.5. The SMILES string of the molecule is O=S(=O)(Cl)CCCCCCCCCCCl. The van der Waals surface area contributed by atoms with Gasteiger partial charge in [0.15, 0.2) is 0 Å². The Hall–Kier alpha value is 0.530. The second-order valence-electron chi connectivity index (χ2n) is 3.76. The summed E-state index contributed by atoms with van der Waals surface area (Å²) in [6, 6.07) is 0. The molecule has 0 atom stereocenters. The predicted molar refractivity (Wildman–Crippen MR) is 67.3 cm³/mol. The number of rotatable bonds is 10. The van der Waals surface area contributed by atoms with E-state index in [-0.39, 0.29) is 5.75 Å². The minimum absolute atomic E-state index is 0.112. The summed E-state index contributed by atoms with van der Waals surface area (Å²) in [5.41, 5.74) is 0. The van der Waals surface area contributed by atoms with E-state index >= 15 is 0 Å². The van der Waals surface area contributed by atoms with Crippen molar-refractivity contribution in [2.24, 2.45) is 0 Å². The summed E-state index contributed by atoms with van der Waals surface area (Å²) in [6.07, 6.45) is 8.71. The molecule has 92 valence electrons. The number of halogens is 2. The van der Waals surface area contributed by atoms with E-state index in [2.05, 4.69) is 0 Å². The quantitative estimate of drug-likeness (QED) is 0.344. The van der Waals surface area contributed by atoms with Crippen LogP contribution in [0.15, 0.2) is 0 Å². The maximum Gasteiger partial charge on any atom is 0.232 e. The highest BCUT2D eigenvalue weighted by Gasteiger charge is 2.03. The highest BCUT2D eigenvalue weighted by atomic mass is 35.7. The van der Waals surface area contributed by atoms with Crippen molar-refractivity contribution in [1.82, 2.24) is 0 Å². The molecule has 0 radical (unpaired) electrons. The molecular weight excluding hydrogens is 255 g/mol. The second-order valence-corrected chi connectivity index (χ2v) is 7.03. The fourth-order valence-corrected chi connectivity index (χ4v) is 2.49. The van der Waals surface area contributed by atoms with Gasteiger partial charge in [0.1, 0.15) is 0 Å². The third-order valence-electron chi connectivity index (χ3n) is 2.27. The zero-order valence-electron chi connectivity index (χ0n) is 9.05. The van der Waals surface area contributed by atoms with Crippen LogP contribution in [0.4, 0.5) is 0 Å². The van der Waals surface area contributed by atoms with Crippen molar-refractivity contribution in [1.29, 1.82) is 0 Å². The minimum Gasteiger partial charge on any atom is -0.212 e. The summed E-state index contributed by atoms with van der Waals surface area (Å²) in [4.78, 5) is 0. The summed E-state index contributed by atoms with van der Waals surface area (Å²) in [6.45, 7) is 0. The molecule has 0 unspecified atom stereocenters. The first-order valence-electron chi connectivity index (χ1n) is 5.54. The fraction of sp³-hybridized carbons (Fsp3) is 1.00. The molecule has 0 amide bonds. The van der Waals surface area contributed by atoms with Crippen molar-refractivity contribution in [3.8, 4) is 0 Å². The van der Waals surface area contributed by atoms with Crippen LogP contribution < -0.4 is 0 Å². The van der Waals surface area contributed by atoms with Crippen LogP contribution in [-0.2, 0) is 9.05 Å². The van der Waals surface area contributed by atoms with Gasteiger partial charge in [-0.15, -0.1) is 11.6 Å². The predicted octanol–water partition coefficient (Wildman–Crippen LogP) is 3.91. The molecule has 0 bridgehead atoms. The van der Waals surface area contributed by atoms with E-state index in [1.807, 2.05) is 0 Å². The van der Waals surface area contributed by atoms with Crippen LogP contribution in [0.25, 0.3) is 0 Å². The zero-order valence-corrected chi connectivity index (χ0v) is 11.4. The Bertz CT molecular complexity index is 228. The van der Waals surface area contributed by atoms with Crippen molar-refractivity contribution >= 4 is 31.3 Å². The van der Waals surface area contributed by atoms with Gasteiger partial charge in [0.2, 0.25) is 9.05 Å². The van der Waals surface area contributed by atoms with E-state index in [0.717, 1.165) is 25.1 Å². The maximum absolute atomic E-state index is 10.6. The molecule has 0 aliphatic rings. The van der Waals surface area contributed by atoms with Crippen LogP contribution in [0, 0.1) is 0 Å². The standard InChI is InChI=1S/C10H20Cl2O2S/c11-9-7-5-3-1-2-4-6-8-10-15(12,13)14/h1-10H2. The number of hydrogen-bond acceptors (Lipinski definition) is 2. The lowest BCUT2D eigenvalue weighted by molar-refractivity contribution is 0.578. The van der Waals surface area contributed by atoms with Gasteiger partial charge in [-0.1, -0.05) is 38.5 Å². The monoisotopic (exact) mass is 274 g/mol. The van der Waals surface area contributed by atoms with Crippen molar-refractivity contribution in [2.45, 2.75) is 51.4 Å². The van der Waals surface area contributed by atoms with Crippen molar-refractivity contribution in [2.75, 3.05) is 11.6 Å². The molecule has 0 saturated heterocycles. The number of hydrogen-bond donors (Lipinski definition) is 0. The molecule has 0 N–H and O–H groups in total. The van der Waals surface area contributed by atoms with Gasteiger partial charge in [0.05, 0.1) is 5.75 Å². The number of unbranched alkanes of at least 4 members (excludes halogenated alkanes) is 7. The first-order valence-corrected chi connectivity index (χ1v) is 8.56. The summed E-state index contributed by atoms with van der Waals surface area (Å²) in [7, 11) is 1.82. The van der Waals surface area contributed by atoms with Gasteiger partial charge < -0.3 is 0 Å². The summed E-state index contributed by atoms with van der Waals surface area (Å²) in [5.74, 6) is 0.869. The van der Waals surface area contributed by atoms with Crippen LogP contribution in [0.1, 0.15) is 51.4 Å². The van der Waals surface area contributed by atoms with Gasteiger partial charge in [-0.3, -0.25) is 0 Å². The van der Waals surface area contributed by atoms with Crippen LogP contribution in [0.5, 0.6) is 0 Å². The molecule has 0 heterocycles. The van der Waals surface area contributed by atoms with E-state index in [1.165, 1.54) is 25.7 Å². The van der Waals surface area contributed by atoms with E-state index in [0.29, 0.717) is 6.42 Å². The van der Waals surface area contributed by atoms with Gasteiger partial charge >= 0.3 is 0 Å². The largest absolute Gasteiger partial charge is 0.232 e. The Balaban J connectivity index is 3.06. The minimum atomic E-state index is -3.27.